The van der Waals surface area contributed by atoms with E-state index in [-0.39, 0.29) is 22.5 Å². The van der Waals surface area contributed by atoms with E-state index in [0.717, 1.165) is 12.0 Å². The Bertz CT molecular complexity index is 811. The second-order valence-corrected chi connectivity index (χ2v) is 9.87. The Morgan fingerprint density at radius 3 is 2.07 bits per heavy atom. The van der Waals surface area contributed by atoms with Gasteiger partial charge < -0.3 is 15.5 Å². The molecule has 0 amide bonds. The minimum absolute atomic E-state index is 0.0849. The first-order chi connectivity index (χ1) is 12.4. The molecule has 0 aromatic heterocycles. The molecule has 2 aromatic rings. The van der Waals surface area contributed by atoms with Crippen LogP contribution < -0.4 is 5.32 Å². The predicted octanol–water partition coefficient (Wildman–Crippen LogP) is 6.30. The molecule has 2 rings (SSSR count). The van der Waals surface area contributed by atoms with Crippen LogP contribution in [0.5, 0.6) is 11.5 Å². The minimum Gasteiger partial charge on any atom is -0.508 e. The van der Waals surface area contributed by atoms with E-state index in [0.29, 0.717) is 34.1 Å². The van der Waals surface area contributed by atoms with Crippen LogP contribution in [0.4, 0.5) is 0 Å². The average Bonchev–Trinajstić information content (AvgIpc) is 2.50. The molecule has 0 saturated heterocycles. The van der Waals surface area contributed by atoms with Crippen molar-refractivity contribution in [1.29, 1.82) is 0 Å². The monoisotopic (exact) mass is 409 g/mol. The number of nitrogens with one attached hydrogen (secondary N) is 1. The van der Waals surface area contributed by atoms with E-state index < -0.39 is 0 Å². The van der Waals surface area contributed by atoms with E-state index in [9.17, 15) is 10.2 Å². The number of hydrogen-bond acceptors (Lipinski definition) is 3. The van der Waals surface area contributed by atoms with Gasteiger partial charge in [0.05, 0.1) is 0 Å². The predicted molar refractivity (Wildman–Crippen MR) is 114 cm³/mol. The highest BCUT2D eigenvalue weighted by atomic mass is 35.5. The van der Waals surface area contributed by atoms with Crippen molar-refractivity contribution in [3.8, 4) is 11.5 Å². The summed E-state index contributed by atoms with van der Waals surface area (Å²) in [6, 6.07) is 8.38. The van der Waals surface area contributed by atoms with Crippen LogP contribution in [0, 0.1) is 5.41 Å². The average molecular weight is 410 g/mol. The molecule has 3 nitrogen and oxygen atoms in total. The Morgan fingerprint density at radius 1 is 0.852 bits per heavy atom. The molecule has 0 saturated carbocycles. The van der Waals surface area contributed by atoms with Gasteiger partial charge in [0.1, 0.15) is 11.5 Å². The maximum Gasteiger partial charge on any atom is 0.123 e. The Labute approximate surface area is 172 Å². The fraction of sp³-hybridized carbons (Fsp3) is 0.455. The summed E-state index contributed by atoms with van der Waals surface area (Å²) in [7, 11) is 0. The first-order valence-electron chi connectivity index (χ1n) is 9.09. The lowest BCUT2D eigenvalue weighted by Crippen LogP contribution is -2.41. The Hall–Kier alpha value is -1.42. The quantitative estimate of drug-likeness (QED) is 0.524. The van der Waals surface area contributed by atoms with Gasteiger partial charge in [0.25, 0.3) is 0 Å². The van der Waals surface area contributed by atoms with E-state index in [1.807, 2.05) is 0 Å². The maximum atomic E-state index is 10.8. The summed E-state index contributed by atoms with van der Waals surface area (Å²) >= 11 is 12.3. The number of hydrogen-bond donors (Lipinski definition) is 3. The Kier molecular flexibility index (Phi) is 6.72. The van der Waals surface area contributed by atoms with Gasteiger partial charge in [-0.3, -0.25) is 0 Å². The van der Waals surface area contributed by atoms with E-state index in [2.05, 4.69) is 39.9 Å². The number of rotatable bonds is 6. The number of phenols is 2. The summed E-state index contributed by atoms with van der Waals surface area (Å²) in [5, 5.41) is 25.4. The third-order valence-corrected chi connectivity index (χ3v) is 4.84. The normalized spacial score (nSPS) is 12.4. The standard InChI is InChI=1S/C22H29Cl2NO2/c1-21(2,3)13-22(4,5)25-12-16-11-18(24)10-15(20(16)27)8-14-9-17(23)6-7-19(14)26/h6-7,9-11,25-27H,8,12-13H2,1-5H3. The zero-order chi connectivity index (χ0) is 20.4. The Morgan fingerprint density at radius 2 is 1.44 bits per heavy atom. The summed E-state index contributed by atoms with van der Waals surface area (Å²) in [5.41, 5.74) is 2.15. The number of benzene rings is 2. The number of halogens is 2. The van der Waals surface area contributed by atoms with Crippen molar-refractivity contribution in [2.24, 2.45) is 5.41 Å². The van der Waals surface area contributed by atoms with E-state index >= 15 is 0 Å². The molecule has 0 radical (unpaired) electrons. The molecule has 0 bridgehead atoms. The van der Waals surface area contributed by atoms with Crippen LogP contribution >= 0.6 is 23.2 Å². The van der Waals surface area contributed by atoms with Crippen molar-refractivity contribution in [2.75, 3.05) is 0 Å². The third kappa shape index (κ3) is 6.60. The van der Waals surface area contributed by atoms with Crippen LogP contribution in [0.1, 0.15) is 57.7 Å². The van der Waals surface area contributed by atoms with Crippen LogP contribution in [0.3, 0.4) is 0 Å². The van der Waals surface area contributed by atoms with Gasteiger partial charge in [0.2, 0.25) is 0 Å². The zero-order valence-electron chi connectivity index (χ0n) is 16.7. The molecule has 0 atom stereocenters. The highest BCUT2D eigenvalue weighted by Crippen LogP contribution is 2.33. The topological polar surface area (TPSA) is 52.5 Å². The molecule has 3 N–H and O–H groups in total. The smallest absolute Gasteiger partial charge is 0.123 e. The van der Waals surface area contributed by atoms with Crippen LogP contribution in [0.2, 0.25) is 10.0 Å². The maximum absolute atomic E-state index is 10.8. The van der Waals surface area contributed by atoms with Crippen molar-refractivity contribution < 1.29 is 10.2 Å². The molecule has 148 valence electrons. The van der Waals surface area contributed by atoms with Crippen molar-refractivity contribution in [3.05, 3.63) is 57.1 Å². The van der Waals surface area contributed by atoms with Gasteiger partial charge in [-0.05, 0) is 61.6 Å². The molecule has 0 unspecified atom stereocenters. The van der Waals surface area contributed by atoms with E-state index in [1.54, 1.807) is 30.3 Å². The third-order valence-electron chi connectivity index (χ3n) is 4.38. The van der Waals surface area contributed by atoms with Crippen LogP contribution in [0.25, 0.3) is 0 Å². The van der Waals surface area contributed by atoms with Crippen LogP contribution in [-0.4, -0.2) is 15.8 Å². The fourth-order valence-electron chi connectivity index (χ4n) is 3.61. The number of aromatic hydroxyl groups is 2. The summed E-state index contributed by atoms with van der Waals surface area (Å²) in [6.07, 6.45) is 1.34. The highest BCUT2D eigenvalue weighted by molar-refractivity contribution is 6.31. The highest BCUT2D eigenvalue weighted by Gasteiger charge is 2.25. The molecule has 27 heavy (non-hydrogen) atoms. The molecule has 0 heterocycles. The molecular formula is C22H29Cl2NO2. The van der Waals surface area contributed by atoms with Gasteiger partial charge >= 0.3 is 0 Å². The minimum atomic E-state index is -0.0849. The van der Waals surface area contributed by atoms with E-state index in [1.165, 1.54) is 0 Å². The molecule has 5 heteroatoms. The lowest BCUT2D eigenvalue weighted by Gasteiger charge is -2.33. The van der Waals surface area contributed by atoms with Crippen LogP contribution in [0.15, 0.2) is 30.3 Å². The second kappa shape index (κ2) is 8.30. The molecule has 0 aliphatic carbocycles. The SMILES string of the molecule is CC(C)(C)CC(C)(C)NCc1cc(Cl)cc(Cc2cc(Cl)ccc2O)c1O. The molecular weight excluding hydrogens is 381 g/mol. The van der Waals surface area contributed by atoms with Crippen molar-refractivity contribution >= 4 is 23.2 Å². The van der Waals surface area contributed by atoms with Crippen LogP contribution in [-0.2, 0) is 13.0 Å². The van der Waals surface area contributed by atoms with Gasteiger partial charge in [-0.15, -0.1) is 0 Å². The second-order valence-electron chi connectivity index (χ2n) is 9.00. The lowest BCUT2D eigenvalue weighted by atomic mass is 9.81. The first kappa shape index (κ1) is 21.9. The van der Waals surface area contributed by atoms with Crippen molar-refractivity contribution in [3.63, 3.8) is 0 Å². The first-order valence-corrected chi connectivity index (χ1v) is 9.85. The van der Waals surface area contributed by atoms with Gasteiger partial charge in [-0.1, -0.05) is 44.0 Å². The summed E-state index contributed by atoms with van der Waals surface area (Å²) in [4.78, 5) is 0. The summed E-state index contributed by atoms with van der Waals surface area (Å²) in [5.74, 6) is 0.336. The van der Waals surface area contributed by atoms with Gasteiger partial charge in [0.15, 0.2) is 0 Å². The zero-order valence-corrected chi connectivity index (χ0v) is 18.2. The van der Waals surface area contributed by atoms with Gasteiger partial charge in [-0.25, -0.2) is 0 Å². The summed E-state index contributed by atoms with van der Waals surface area (Å²) in [6.45, 7) is 11.5. The molecule has 0 aliphatic heterocycles. The van der Waals surface area contributed by atoms with E-state index in [4.69, 9.17) is 23.2 Å². The van der Waals surface area contributed by atoms with Gasteiger partial charge in [-0.2, -0.15) is 0 Å². The largest absolute Gasteiger partial charge is 0.508 e. The Balaban J connectivity index is 2.23. The van der Waals surface area contributed by atoms with Crippen molar-refractivity contribution in [1.82, 2.24) is 5.32 Å². The fourth-order valence-corrected chi connectivity index (χ4v) is 4.07. The van der Waals surface area contributed by atoms with Gasteiger partial charge in [0, 0.05) is 39.7 Å². The summed E-state index contributed by atoms with van der Waals surface area (Å²) < 4.78 is 0. The molecule has 2 aromatic carbocycles. The lowest BCUT2D eigenvalue weighted by molar-refractivity contribution is 0.240. The number of phenolic OH excluding ortho intramolecular Hbond substituents is 2. The molecule has 0 aliphatic rings. The molecule has 0 spiro atoms. The molecule has 0 fully saturated rings. The van der Waals surface area contributed by atoms with Crippen molar-refractivity contribution in [2.45, 2.75) is 59.5 Å².